The summed E-state index contributed by atoms with van der Waals surface area (Å²) in [7, 11) is 2.13. The van der Waals surface area contributed by atoms with Crippen molar-refractivity contribution in [2.45, 2.75) is 20.8 Å². The molecule has 0 saturated heterocycles. The Balaban J connectivity index is 2.16. The van der Waals surface area contributed by atoms with Crippen LogP contribution in [0.3, 0.4) is 0 Å². The van der Waals surface area contributed by atoms with E-state index in [-0.39, 0.29) is 0 Å². The Kier molecular flexibility index (Phi) is 3.81. The van der Waals surface area contributed by atoms with E-state index in [2.05, 4.69) is 93.2 Å². The Hall–Kier alpha value is -2.41. The van der Waals surface area contributed by atoms with Gasteiger partial charge in [0, 0.05) is 17.2 Å². The van der Waals surface area contributed by atoms with Crippen LogP contribution < -0.4 is 4.57 Å². The first-order valence-corrected chi connectivity index (χ1v) is 7.69. The van der Waals surface area contributed by atoms with E-state index in [1.165, 1.54) is 39.1 Å². The van der Waals surface area contributed by atoms with Crippen molar-refractivity contribution < 1.29 is 4.57 Å². The Labute approximate surface area is 132 Å². The molecular weight excluding hydrogens is 266 g/mol. The first-order chi connectivity index (χ1) is 10.6. The molecule has 1 heterocycles. The maximum atomic E-state index is 2.30. The molecule has 0 unspecified atom stereocenters. The second kappa shape index (κ2) is 5.76. The Morgan fingerprint density at radius 1 is 0.727 bits per heavy atom. The Bertz CT molecular complexity index is 817. The van der Waals surface area contributed by atoms with Crippen LogP contribution in [-0.4, -0.2) is 0 Å². The normalized spacial score (nSPS) is 10.7. The van der Waals surface area contributed by atoms with Crippen LogP contribution in [0.5, 0.6) is 0 Å². The lowest BCUT2D eigenvalue weighted by atomic mass is 9.97. The third-order valence-corrected chi connectivity index (χ3v) is 4.23. The van der Waals surface area contributed by atoms with Crippen LogP contribution in [0.25, 0.3) is 22.4 Å². The third-order valence-electron chi connectivity index (χ3n) is 4.23. The smallest absolute Gasteiger partial charge is 0.200 e. The van der Waals surface area contributed by atoms with Crippen molar-refractivity contribution in [2.24, 2.45) is 7.05 Å². The van der Waals surface area contributed by atoms with Crippen LogP contribution in [0.1, 0.15) is 16.7 Å². The standard InChI is InChI=1S/C21H22N/c1-15-10-11-16(2)19(12-15)21-13-17(3)20(14-22(21)4)18-8-6-5-7-9-18/h5-14H,1-4H3/q+1. The van der Waals surface area contributed by atoms with Crippen LogP contribution in [0.2, 0.25) is 0 Å². The van der Waals surface area contributed by atoms with Gasteiger partial charge in [-0.3, -0.25) is 0 Å². The zero-order valence-corrected chi connectivity index (χ0v) is 13.7. The van der Waals surface area contributed by atoms with Gasteiger partial charge in [-0.25, -0.2) is 4.57 Å². The molecule has 110 valence electrons. The summed E-state index contributed by atoms with van der Waals surface area (Å²) in [6.45, 7) is 6.51. The number of nitrogens with zero attached hydrogens (tertiary/aromatic N) is 1. The Morgan fingerprint density at radius 3 is 2.18 bits per heavy atom. The second-order valence-electron chi connectivity index (χ2n) is 6.05. The fourth-order valence-electron chi connectivity index (χ4n) is 2.95. The zero-order chi connectivity index (χ0) is 15.7. The van der Waals surface area contributed by atoms with E-state index in [1.807, 2.05) is 0 Å². The fraction of sp³-hybridized carbons (Fsp3) is 0.190. The topological polar surface area (TPSA) is 3.88 Å². The van der Waals surface area contributed by atoms with Gasteiger partial charge in [0.1, 0.15) is 7.05 Å². The molecule has 2 aromatic carbocycles. The lowest BCUT2D eigenvalue weighted by Gasteiger charge is -2.10. The first kappa shape index (κ1) is 14.5. The average molecular weight is 288 g/mol. The van der Waals surface area contributed by atoms with Gasteiger partial charge in [-0.1, -0.05) is 48.0 Å². The molecule has 0 spiro atoms. The molecule has 0 atom stereocenters. The molecule has 22 heavy (non-hydrogen) atoms. The van der Waals surface area contributed by atoms with E-state index in [1.54, 1.807) is 0 Å². The summed E-state index contributed by atoms with van der Waals surface area (Å²) in [6.07, 6.45) is 2.24. The molecule has 3 rings (SSSR count). The van der Waals surface area contributed by atoms with Gasteiger partial charge < -0.3 is 0 Å². The van der Waals surface area contributed by atoms with Gasteiger partial charge in [0.05, 0.1) is 0 Å². The lowest BCUT2D eigenvalue weighted by molar-refractivity contribution is -0.660. The summed E-state index contributed by atoms with van der Waals surface area (Å²) in [4.78, 5) is 0. The molecule has 0 radical (unpaired) electrons. The lowest BCUT2D eigenvalue weighted by Crippen LogP contribution is -2.31. The monoisotopic (exact) mass is 288 g/mol. The summed E-state index contributed by atoms with van der Waals surface area (Å²) in [5.41, 5.74) is 9.04. The van der Waals surface area contributed by atoms with Gasteiger partial charge in [-0.2, -0.15) is 0 Å². The van der Waals surface area contributed by atoms with E-state index in [0.717, 1.165) is 0 Å². The van der Waals surface area contributed by atoms with E-state index in [0.29, 0.717) is 0 Å². The summed E-state index contributed by atoms with van der Waals surface area (Å²) in [5, 5.41) is 0. The minimum Gasteiger partial charge on any atom is -0.200 e. The third kappa shape index (κ3) is 2.67. The van der Waals surface area contributed by atoms with Crippen molar-refractivity contribution in [3.05, 3.63) is 77.5 Å². The van der Waals surface area contributed by atoms with Gasteiger partial charge in [0.15, 0.2) is 6.20 Å². The maximum Gasteiger partial charge on any atom is 0.212 e. The molecular formula is C21H22N+. The van der Waals surface area contributed by atoms with Crippen molar-refractivity contribution in [1.29, 1.82) is 0 Å². The van der Waals surface area contributed by atoms with Gasteiger partial charge in [-0.15, -0.1) is 0 Å². The van der Waals surface area contributed by atoms with Crippen molar-refractivity contribution in [1.82, 2.24) is 0 Å². The number of hydrogen-bond acceptors (Lipinski definition) is 0. The molecule has 3 aromatic rings. The highest BCUT2D eigenvalue weighted by molar-refractivity contribution is 5.69. The summed E-state index contributed by atoms with van der Waals surface area (Å²) < 4.78 is 2.23. The molecule has 1 nitrogen and oxygen atoms in total. The van der Waals surface area contributed by atoms with Gasteiger partial charge in [0.25, 0.3) is 0 Å². The maximum absolute atomic E-state index is 2.30. The number of pyridine rings is 1. The number of hydrogen-bond donors (Lipinski definition) is 0. The molecule has 0 bridgehead atoms. The predicted molar refractivity (Wildman–Crippen MR) is 92.7 cm³/mol. The molecule has 0 saturated carbocycles. The highest BCUT2D eigenvalue weighted by Gasteiger charge is 2.16. The van der Waals surface area contributed by atoms with Crippen molar-refractivity contribution >= 4 is 0 Å². The molecule has 0 N–H and O–H groups in total. The van der Waals surface area contributed by atoms with Crippen molar-refractivity contribution in [3.8, 4) is 22.4 Å². The highest BCUT2D eigenvalue weighted by atomic mass is 14.9. The minimum absolute atomic E-state index is 1.26. The van der Waals surface area contributed by atoms with E-state index >= 15 is 0 Å². The summed E-state index contributed by atoms with van der Waals surface area (Å²) in [5.74, 6) is 0. The molecule has 0 aliphatic heterocycles. The molecule has 0 fully saturated rings. The van der Waals surface area contributed by atoms with Crippen LogP contribution in [0.15, 0.2) is 60.8 Å². The molecule has 1 aromatic heterocycles. The SMILES string of the molecule is Cc1ccc(C)c(-c2cc(C)c(-c3ccccc3)c[n+]2C)c1. The van der Waals surface area contributed by atoms with Crippen molar-refractivity contribution in [3.63, 3.8) is 0 Å². The van der Waals surface area contributed by atoms with Gasteiger partial charge >= 0.3 is 0 Å². The number of aromatic nitrogens is 1. The minimum atomic E-state index is 1.26. The number of rotatable bonds is 2. The molecule has 0 aliphatic carbocycles. The van der Waals surface area contributed by atoms with Crippen molar-refractivity contribution in [2.75, 3.05) is 0 Å². The largest absolute Gasteiger partial charge is 0.212 e. The quantitative estimate of drug-likeness (QED) is 0.598. The van der Waals surface area contributed by atoms with E-state index < -0.39 is 0 Å². The second-order valence-corrected chi connectivity index (χ2v) is 6.05. The Morgan fingerprint density at radius 2 is 1.45 bits per heavy atom. The molecule has 1 heteroatoms. The highest BCUT2D eigenvalue weighted by Crippen LogP contribution is 2.27. The van der Waals surface area contributed by atoms with Gasteiger partial charge in [-0.05, 0) is 43.5 Å². The summed E-state index contributed by atoms with van der Waals surface area (Å²) in [6, 6.07) is 19.5. The molecule has 0 aliphatic rings. The number of aryl methyl sites for hydroxylation is 4. The van der Waals surface area contributed by atoms with Crippen LogP contribution in [0.4, 0.5) is 0 Å². The first-order valence-electron chi connectivity index (χ1n) is 7.69. The number of benzene rings is 2. The van der Waals surface area contributed by atoms with Crippen LogP contribution >= 0.6 is 0 Å². The predicted octanol–water partition coefficient (Wildman–Crippen LogP) is 4.77. The average Bonchev–Trinajstić information content (AvgIpc) is 2.52. The summed E-state index contributed by atoms with van der Waals surface area (Å²) >= 11 is 0. The fourth-order valence-corrected chi connectivity index (χ4v) is 2.95. The van der Waals surface area contributed by atoms with E-state index in [4.69, 9.17) is 0 Å². The van der Waals surface area contributed by atoms with Crippen LogP contribution in [-0.2, 0) is 7.05 Å². The molecule has 0 amide bonds. The van der Waals surface area contributed by atoms with E-state index in [9.17, 15) is 0 Å². The van der Waals surface area contributed by atoms with Gasteiger partial charge in [0.2, 0.25) is 5.69 Å². The zero-order valence-electron chi connectivity index (χ0n) is 13.7. The van der Waals surface area contributed by atoms with Crippen LogP contribution in [0, 0.1) is 20.8 Å².